The van der Waals surface area contributed by atoms with Gasteiger partial charge in [-0.15, -0.1) is 0 Å². The average Bonchev–Trinajstić information content (AvgIpc) is 2.94. The first-order valence-electron chi connectivity index (χ1n) is 7.73. The highest BCUT2D eigenvalue weighted by Gasteiger charge is 2.13. The van der Waals surface area contributed by atoms with Gasteiger partial charge in [0.1, 0.15) is 5.82 Å². The van der Waals surface area contributed by atoms with Crippen LogP contribution in [-0.4, -0.2) is 16.3 Å². The van der Waals surface area contributed by atoms with Crippen LogP contribution in [0, 0.1) is 5.82 Å². The summed E-state index contributed by atoms with van der Waals surface area (Å²) in [6.07, 6.45) is 7.06. The van der Waals surface area contributed by atoms with Crippen LogP contribution in [0.4, 0.5) is 4.39 Å². The van der Waals surface area contributed by atoms with E-state index in [4.69, 9.17) is 0 Å². The van der Waals surface area contributed by atoms with Crippen molar-refractivity contribution in [3.8, 4) is 0 Å². The van der Waals surface area contributed by atoms with Gasteiger partial charge in [0.05, 0.1) is 6.20 Å². The van der Waals surface area contributed by atoms with Crippen molar-refractivity contribution < 1.29 is 4.39 Å². The third kappa shape index (κ3) is 4.67. The molecule has 0 bridgehead atoms. The Balaban J connectivity index is 2.10. The first-order chi connectivity index (χ1) is 10.2. The molecule has 1 aromatic heterocycles. The number of rotatable bonds is 8. The van der Waals surface area contributed by atoms with Crippen LogP contribution < -0.4 is 5.32 Å². The van der Waals surface area contributed by atoms with E-state index in [0.29, 0.717) is 0 Å². The molecule has 0 amide bonds. The zero-order valence-electron chi connectivity index (χ0n) is 12.8. The van der Waals surface area contributed by atoms with E-state index in [1.54, 1.807) is 0 Å². The molecule has 1 heterocycles. The van der Waals surface area contributed by atoms with Gasteiger partial charge < -0.3 is 5.32 Å². The zero-order chi connectivity index (χ0) is 15.1. The Morgan fingerprint density at radius 1 is 1.19 bits per heavy atom. The normalized spacial score (nSPS) is 12.5. The summed E-state index contributed by atoms with van der Waals surface area (Å²) in [7, 11) is 0. The molecule has 114 valence electrons. The Morgan fingerprint density at radius 2 is 1.95 bits per heavy atom. The van der Waals surface area contributed by atoms with Gasteiger partial charge in [-0.3, -0.25) is 4.68 Å². The minimum atomic E-state index is -0.187. The van der Waals surface area contributed by atoms with Crippen LogP contribution in [0.3, 0.4) is 0 Å². The monoisotopic (exact) mass is 289 g/mol. The molecule has 1 atom stereocenters. The number of halogens is 1. The highest BCUT2D eigenvalue weighted by atomic mass is 19.1. The summed E-state index contributed by atoms with van der Waals surface area (Å²) in [6, 6.07) is 6.97. The molecular weight excluding hydrogens is 265 g/mol. The fraction of sp³-hybridized carbons (Fsp3) is 0.471. The lowest BCUT2D eigenvalue weighted by Gasteiger charge is -2.17. The van der Waals surface area contributed by atoms with Crippen LogP contribution in [0.2, 0.25) is 0 Å². The second kappa shape index (κ2) is 7.93. The molecule has 0 aliphatic rings. The highest BCUT2D eigenvalue weighted by molar-refractivity contribution is 5.21. The standard InChI is InChI=1S/C17H24FN3/c1-3-9-19-17(11-14-5-7-16(18)8-6-14)15-12-20-21(13-15)10-4-2/h5-8,12-13,17,19H,3-4,9-11H2,1-2H3. The molecule has 2 aromatic rings. The van der Waals surface area contributed by atoms with Gasteiger partial charge in [-0.25, -0.2) is 4.39 Å². The van der Waals surface area contributed by atoms with Crippen molar-refractivity contribution in [2.45, 2.75) is 45.7 Å². The maximum absolute atomic E-state index is 13.0. The van der Waals surface area contributed by atoms with E-state index in [0.717, 1.165) is 37.9 Å². The summed E-state index contributed by atoms with van der Waals surface area (Å²) in [5.41, 5.74) is 2.33. The Labute approximate surface area is 126 Å². The van der Waals surface area contributed by atoms with Crippen molar-refractivity contribution in [2.75, 3.05) is 6.54 Å². The van der Waals surface area contributed by atoms with Gasteiger partial charge in [0.25, 0.3) is 0 Å². The summed E-state index contributed by atoms with van der Waals surface area (Å²) in [4.78, 5) is 0. The van der Waals surface area contributed by atoms with Gasteiger partial charge in [-0.05, 0) is 43.5 Å². The van der Waals surface area contributed by atoms with Crippen LogP contribution in [0.5, 0.6) is 0 Å². The van der Waals surface area contributed by atoms with E-state index < -0.39 is 0 Å². The molecule has 0 aliphatic carbocycles. The summed E-state index contributed by atoms with van der Waals surface area (Å²) < 4.78 is 15.0. The minimum Gasteiger partial charge on any atom is -0.310 e. The van der Waals surface area contributed by atoms with Crippen LogP contribution in [-0.2, 0) is 13.0 Å². The molecule has 1 unspecified atom stereocenters. The van der Waals surface area contributed by atoms with Crippen LogP contribution >= 0.6 is 0 Å². The summed E-state index contributed by atoms with van der Waals surface area (Å²) in [5, 5.41) is 7.96. The SMILES string of the molecule is CCCNC(Cc1ccc(F)cc1)c1cnn(CCC)c1. The van der Waals surface area contributed by atoms with Gasteiger partial charge >= 0.3 is 0 Å². The fourth-order valence-electron chi connectivity index (χ4n) is 2.39. The Bertz CT molecular complexity index is 533. The molecule has 3 nitrogen and oxygen atoms in total. The van der Waals surface area contributed by atoms with E-state index in [2.05, 4.69) is 30.5 Å². The molecule has 1 aromatic carbocycles. The van der Waals surface area contributed by atoms with Gasteiger partial charge in [0.15, 0.2) is 0 Å². The maximum Gasteiger partial charge on any atom is 0.123 e. The number of nitrogens with one attached hydrogen (secondary N) is 1. The summed E-state index contributed by atoms with van der Waals surface area (Å²) in [6.45, 7) is 6.21. The lowest BCUT2D eigenvalue weighted by molar-refractivity contribution is 0.526. The first kappa shape index (κ1) is 15.7. The van der Waals surface area contributed by atoms with Gasteiger partial charge in [0.2, 0.25) is 0 Å². The average molecular weight is 289 g/mol. The molecule has 0 fully saturated rings. The largest absolute Gasteiger partial charge is 0.310 e. The van der Waals surface area contributed by atoms with E-state index in [1.807, 2.05) is 23.0 Å². The second-order valence-electron chi connectivity index (χ2n) is 5.37. The number of aromatic nitrogens is 2. The maximum atomic E-state index is 13.0. The topological polar surface area (TPSA) is 29.9 Å². The van der Waals surface area contributed by atoms with Crippen molar-refractivity contribution in [2.24, 2.45) is 0 Å². The third-order valence-electron chi connectivity index (χ3n) is 3.50. The molecule has 4 heteroatoms. The zero-order valence-corrected chi connectivity index (χ0v) is 12.8. The molecule has 1 N–H and O–H groups in total. The van der Waals surface area contributed by atoms with Gasteiger partial charge in [0, 0.05) is 24.3 Å². The van der Waals surface area contributed by atoms with Crippen LogP contribution in [0.25, 0.3) is 0 Å². The summed E-state index contributed by atoms with van der Waals surface area (Å²) >= 11 is 0. The van der Waals surface area contributed by atoms with E-state index >= 15 is 0 Å². The lowest BCUT2D eigenvalue weighted by Crippen LogP contribution is -2.23. The van der Waals surface area contributed by atoms with Crippen molar-refractivity contribution in [1.82, 2.24) is 15.1 Å². The van der Waals surface area contributed by atoms with Gasteiger partial charge in [-0.2, -0.15) is 5.10 Å². The number of nitrogens with zero attached hydrogens (tertiary/aromatic N) is 2. The predicted octanol–water partition coefficient (Wildman–Crippen LogP) is 3.72. The Hall–Kier alpha value is -1.68. The van der Waals surface area contributed by atoms with Crippen molar-refractivity contribution in [3.63, 3.8) is 0 Å². The Kier molecular flexibility index (Phi) is 5.93. The molecule has 0 radical (unpaired) electrons. The molecule has 0 saturated heterocycles. The number of hydrogen-bond acceptors (Lipinski definition) is 2. The molecule has 0 spiro atoms. The molecule has 2 rings (SSSR count). The number of benzene rings is 1. The van der Waals surface area contributed by atoms with Crippen LogP contribution in [0.15, 0.2) is 36.7 Å². The third-order valence-corrected chi connectivity index (χ3v) is 3.50. The number of hydrogen-bond donors (Lipinski definition) is 1. The predicted molar refractivity (Wildman–Crippen MR) is 83.7 cm³/mol. The van der Waals surface area contributed by atoms with E-state index in [1.165, 1.54) is 17.7 Å². The first-order valence-corrected chi connectivity index (χ1v) is 7.73. The smallest absolute Gasteiger partial charge is 0.123 e. The fourth-order valence-corrected chi connectivity index (χ4v) is 2.39. The van der Waals surface area contributed by atoms with E-state index in [-0.39, 0.29) is 11.9 Å². The van der Waals surface area contributed by atoms with Crippen LogP contribution in [0.1, 0.15) is 43.9 Å². The number of aryl methyl sites for hydroxylation is 1. The van der Waals surface area contributed by atoms with E-state index in [9.17, 15) is 4.39 Å². The summed E-state index contributed by atoms with van der Waals surface area (Å²) in [5.74, 6) is -0.187. The minimum absolute atomic E-state index is 0.187. The molecule has 21 heavy (non-hydrogen) atoms. The Morgan fingerprint density at radius 3 is 2.62 bits per heavy atom. The highest BCUT2D eigenvalue weighted by Crippen LogP contribution is 2.18. The molecule has 0 aliphatic heterocycles. The van der Waals surface area contributed by atoms with Crippen molar-refractivity contribution in [1.29, 1.82) is 0 Å². The molecule has 0 saturated carbocycles. The lowest BCUT2D eigenvalue weighted by atomic mass is 10.0. The molecular formula is C17H24FN3. The quantitative estimate of drug-likeness (QED) is 0.802. The second-order valence-corrected chi connectivity index (χ2v) is 5.37. The van der Waals surface area contributed by atoms with Crippen molar-refractivity contribution in [3.05, 3.63) is 53.6 Å². The van der Waals surface area contributed by atoms with Crippen molar-refractivity contribution >= 4 is 0 Å². The van der Waals surface area contributed by atoms with Gasteiger partial charge in [-0.1, -0.05) is 26.0 Å².